The molecule has 0 N–H and O–H groups in total. The van der Waals surface area contributed by atoms with E-state index in [-0.39, 0.29) is 12.0 Å². The van der Waals surface area contributed by atoms with Crippen molar-refractivity contribution in [3.63, 3.8) is 0 Å². The van der Waals surface area contributed by atoms with Crippen LogP contribution >= 0.6 is 0 Å². The number of rotatable bonds is 5. The molecule has 1 aliphatic heterocycles. The highest BCUT2D eigenvalue weighted by Crippen LogP contribution is 2.17. The van der Waals surface area contributed by atoms with E-state index in [1.165, 1.54) is 5.56 Å². The van der Waals surface area contributed by atoms with Gasteiger partial charge < -0.3 is 19.1 Å². The van der Waals surface area contributed by atoms with Gasteiger partial charge >= 0.3 is 0 Å². The van der Waals surface area contributed by atoms with Crippen molar-refractivity contribution in [1.29, 1.82) is 0 Å². The Hall–Kier alpha value is -2.34. The Bertz CT molecular complexity index is 726. The van der Waals surface area contributed by atoms with Gasteiger partial charge in [0.25, 0.3) is 5.91 Å². The van der Waals surface area contributed by atoms with Crippen molar-refractivity contribution in [3.05, 3.63) is 47.9 Å². The molecule has 0 bridgehead atoms. The normalized spacial score (nSPS) is 17.6. The molecule has 6 heteroatoms. The molecule has 1 saturated heterocycles. The highest BCUT2D eigenvalue weighted by molar-refractivity contribution is 5.92. The van der Waals surface area contributed by atoms with E-state index >= 15 is 0 Å². The zero-order valence-electron chi connectivity index (χ0n) is 15.2. The summed E-state index contributed by atoms with van der Waals surface area (Å²) in [6.45, 7) is 1.90. The lowest BCUT2D eigenvalue weighted by Gasteiger charge is -2.33. The quantitative estimate of drug-likeness (QED) is 0.833. The minimum absolute atomic E-state index is 0.0777. The molecular weight excluding hydrogens is 316 g/mol. The van der Waals surface area contributed by atoms with E-state index in [2.05, 4.69) is 11.1 Å². The third-order valence-electron chi connectivity index (χ3n) is 4.61. The third-order valence-corrected chi connectivity index (χ3v) is 4.61. The monoisotopic (exact) mass is 342 g/mol. The number of hydrogen-bond acceptors (Lipinski definition) is 4. The summed E-state index contributed by atoms with van der Waals surface area (Å²) in [5.74, 6) is 1.04. The van der Waals surface area contributed by atoms with Crippen molar-refractivity contribution >= 4 is 11.7 Å². The van der Waals surface area contributed by atoms with Gasteiger partial charge in [-0.25, -0.2) is 4.98 Å². The van der Waals surface area contributed by atoms with Crippen molar-refractivity contribution in [2.24, 2.45) is 7.05 Å². The molecule has 134 valence electrons. The fourth-order valence-corrected chi connectivity index (χ4v) is 3.11. The summed E-state index contributed by atoms with van der Waals surface area (Å²) < 4.78 is 7.75. The van der Waals surface area contributed by atoms with Crippen molar-refractivity contribution in [2.45, 2.75) is 18.9 Å². The number of carbonyl (C=O) groups is 1. The lowest BCUT2D eigenvalue weighted by atomic mass is 10.1. The molecule has 25 heavy (non-hydrogen) atoms. The first-order chi connectivity index (χ1) is 12.0. The van der Waals surface area contributed by atoms with E-state index < -0.39 is 0 Å². The largest absolute Gasteiger partial charge is 0.375 e. The molecule has 3 rings (SSSR count). The predicted octanol–water partition coefficient (Wildman–Crippen LogP) is 1.96. The molecule has 0 radical (unpaired) electrons. The van der Waals surface area contributed by atoms with E-state index in [1.807, 2.05) is 66.1 Å². The van der Waals surface area contributed by atoms with Crippen LogP contribution in [0, 0.1) is 0 Å². The second-order valence-electron chi connectivity index (χ2n) is 6.70. The maximum absolute atomic E-state index is 12.7. The van der Waals surface area contributed by atoms with Crippen LogP contribution in [0.1, 0.15) is 22.5 Å². The number of ether oxygens (including phenoxy) is 1. The van der Waals surface area contributed by atoms with Gasteiger partial charge in [-0.05, 0) is 42.7 Å². The lowest BCUT2D eigenvalue weighted by Crippen LogP contribution is -2.46. The molecule has 0 aliphatic carbocycles. The topological polar surface area (TPSA) is 50.6 Å². The van der Waals surface area contributed by atoms with Crippen molar-refractivity contribution < 1.29 is 9.53 Å². The van der Waals surface area contributed by atoms with Gasteiger partial charge in [0.2, 0.25) is 0 Å². The van der Waals surface area contributed by atoms with Crippen LogP contribution in [0.5, 0.6) is 0 Å². The Morgan fingerprint density at radius 1 is 1.40 bits per heavy atom. The van der Waals surface area contributed by atoms with Crippen LogP contribution in [0.15, 0.2) is 36.7 Å². The number of morpholine rings is 1. The summed E-state index contributed by atoms with van der Waals surface area (Å²) in [6.07, 6.45) is 5.64. The van der Waals surface area contributed by atoms with Gasteiger partial charge in [-0.3, -0.25) is 4.79 Å². The maximum atomic E-state index is 12.7. The molecule has 0 saturated carbocycles. The van der Waals surface area contributed by atoms with Crippen LogP contribution in [0.3, 0.4) is 0 Å². The Balaban J connectivity index is 1.58. The summed E-state index contributed by atoms with van der Waals surface area (Å²) in [4.78, 5) is 20.9. The van der Waals surface area contributed by atoms with Gasteiger partial charge in [-0.15, -0.1) is 0 Å². The predicted molar refractivity (Wildman–Crippen MR) is 97.9 cm³/mol. The first kappa shape index (κ1) is 17.5. The third kappa shape index (κ3) is 4.20. The van der Waals surface area contributed by atoms with Crippen LogP contribution in [-0.2, 0) is 18.2 Å². The minimum Gasteiger partial charge on any atom is -0.375 e. The summed E-state index contributed by atoms with van der Waals surface area (Å²) in [5.41, 5.74) is 1.97. The summed E-state index contributed by atoms with van der Waals surface area (Å²) >= 11 is 0. The second-order valence-corrected chi connectivity index (χ2v) is 6.70. The zero-order valence-corrected chi connectivity index (χ0v) is 15.2. The van der Waals surface area contributed by atoms with E-state index in [9.17, 15) is 4.79 Å². The molecule has 1 aliphatic rings. The lowest BCUT2D eigenvalue weighted by molar-refractivity contribution is -0.0248. The molecule has 3 heterocycles. The van der Waals surface area contributed by atoms with Gasteiger partial charge in [0, 0.05) is 46.6 Å². The highest BCUT2D eigenvalue weighted by Gasteiger charge is 2.26. The van der Waals surface area contributed by atoms with Gasteiger partial charge in [0.15, 0.2) is 0 Å². The molecule has 0 unspecified atom stereocenters. The first-order valence-electron chi connectivity index (χ1n) is 8.69. The number of carbonyl (C=O) groups excluding carboxylic acids is 1. The average Bonchev–Trinajstić information content (AvgIpc) is 3.06. The summed E-state index contributed by atoms with van der Waals surface area (Å²) in [6, 6.07) is 7.92. The van der Waals surface area contributed by atoms with Crippen molar-refractivity contribution in [2.75, 3.05) is 38.7 Å². The Kier molecular flexibility index (Phi) is 5.38. The standard InChI is InChI=1S/C19H26N4O2/c1-21(2)18-13-15(8-9-20-18)6-7-16-14-23(11-12-25-16)19(24)17-5-4-10-22(17)3/h4-5,8-10,13,16H,6-7,11-12,14H2,1-3H3/t16-/m0/s1. The van der Waals surface area contributed by atoms with Gasteiger partial charge in [0.05, 0.1) is 12.7 Å². The van der Waals surface area contributed by atoms with Crippen LogP contribution in [0.25, 0.3) is 0 Å². The molecule has 6 nitrogen and oxygen atoms in total. The second kappa shape index (κ2) is 7.70. The van der Waals surface area contributed by atoms with E-state index in [0.29, 0.717) is 19.7 Å². The fraction of sp³-hybridized carbons (Fsp3) is 0.474. The highest BCUT2D eigenvalue weighted by atomic mass is 16.5. The Labute approximate surface area is 149 Å². The number of aromatic nitrogens is 2. The average molecular weight is 342 g/mol. The number of anilines is 1. The smallest absolute Gasteiger partial charge is 0.270 e. The van der Waals surface area contributed by atoms with E-state index in [1.54, 1.807) is 0 Å². The van der Waals surface area contributed by atoms with Crippen LogP contribution in [-0.4, -0.2) is 60.3 Å². The fourth-order valence-electron chi connectivity index (χ4n) is 3.11. The number of aryl methyl sites for hydroxylation is 2. The van der Waals surface area contributed by atoms with E-state index in [4.69, 9.17) is 4.74 Å². The molecule has 2 aromatic heterocycles. The van der Waals surface area contributed by atoms with Gasteiger partial charge in [-0.1, -0.05) is 0 Å². The van der Waals surface area contributed by atoms with Crippen LogP contribution in [0.4, 0.5) is 5.82 Å². The molecule has 1 fully saturated rings. The number of hydrogen-bond donors (Lipinski definition) is 0. The Morgan fingerprint density at radius 2 is 2.24 bits per heavy atom. The molecule has 1 atom stereocenters. The molecular formula is C19H26N4O2. The van der Waals surface area contributed by atoms with Crippen molar-refractivity contribution in [1.82, 2.24) is 14.5 Å². The number of nitrogens with zero attached hydrogens (tertiary/aromatic N) is 4. The van der Waals surface area contributed by atoms with E-state index in [0.717, 1.165) is 24.4 Å². The number of pyridine rings is 1. The SMILES string of the molecule is CN(C)c1cc(CC[C@H]2CN(C(=O)c3cccn3C)CCO2)ccn1. The molecule has 0 spiro atoms. The molecule has 1 amide bonds. The van der Waals surface area contributed by atoms with Gasteiger partial charge in [-0.2, -0.15) is 0 Å². The minimum atomic E-state index is 0.0777. The first-order valence-corrected chi connectivity index (χ1v) is 8.69. The summed E-state index contributed by atoms with van der Waals surface area (Å²) in [7, 11) is 5.88. The Morgan fingerprint density at radius 3 is 2.96 bits per heavy atom. The van der Waals surface area contributed by atoms with Crippen molar-refractivity contribution in [3.8, 4) is 0 Å². The summed E-state index contributed by atoms with van der Waals surface area (Å²) in [5, 5.41) is 0. The maximum Gasteiger partial charge on any atom is 0.270 e. The molecule has 2 aromatic rings. The van der Waals surface area contributed by atoms with Crippen LogP contribution < -0.4 is 4.90 Å². The van der Waals surface area contributed by atoms with Gasteiger partial charge in [0.1, 0.15) is 11.5 Å². The van der Waals surface area contributed by atoms with Crippen LogP contribution in [0.2, 0.25) is 0 Å². The number of amides is 1. The molecule has 0 aromatic carbocycles. The zero-order chi connectivity index (χ0) is 17.8.